The molecular formula is C21H19N5O3S2. The number of rotatable bonds is 6. The predicted octanol–water partition coefficient (Wildman–Crippen LogP) is 4.49. The zero-order chi connectivity index (χ0) is 21.8. The van der Waals surface area contributed by atoms with Crippen LogP contribution in [0.25, 0.3) is 11.3 Å². The number of thiazole rings is 2. The van der Waals surface area contributed by atoms with Crippen molar-refractivity contribution >= 4 is 39.7 Å². The largest absolute Gasteiger partial charge is 0.504 e. The summed E-state index contributed by atoms with van der Waals surface area (Å²) in [7, 11) is 0. The number of hydrogen-bond donors (Lipinski definition) is 4. The second-order valence-corrected chi connectivity index (χ2v) is 8.24. The first-order chi connectivity index (χ1) is 15.0. The summed E-state index contributed by atoms with van der Waals surface area (Å²) in [6, 6.07) is 14.0. The zero-order valence-electron chi connectivity index (χ0n) is 16.4. The molecule has 0 fully saturated rings. The molecule has 0 bridgehead atoms. The molecule has 0 unspecified atom stereocenters. The summed E-state index contributed by atoms with van der Waals surface area (Å²) in [5.41, 5.74) is 5.04. The number of aromatic nitrogens is 2. The maximum atomic E-state index is 10.5. The third-order valence-electron chi connectivity index (χ3n) is 4.33. The Morgan fingerprint density at radius 2 is 1.90 bits per heavy atom. The van der Waals surface area contributed by atoms with Crippen LogP contribution in [0.3, 0.4) is 0 Å². The molecular weight excluding hydrogens is 434 g/mol. The highest BCUT2D eigenvalue weighted by Gasteiger charge is 2.11. The monoisotopic (exact) mass is 453 g/mol. The van der Waals surface area contributed by atoms with Crippen molar-refractivity contribution in [3.05, 3.63) is 63.6 Å². The molecule has 0 saturated carbocycles. The second-order valence-electron chi connectivity index (χ2n) is 6.38. The first-order valence-corrected chi connectivity index (χ1v) is 11.0. The summed E-state index contributed by atoms with van der Waals surface area (Å²) >= 11 is 2.66. The van der Waals surface area contributed by atoms with Crippen LogP contribution in [-0.2, 0) is 6.54 Å². The van der Waals surface area contributed by atoms with E-state index in [4.69, 9.17) is 0 Å². The number of hydrogen-bond acceptors (Lipinski definition) is 9. The fraction of sp³-hybridized carbons (Fsp3) is 0.0952. The maximum absolute atomic E-state index is 10.5. The van der Waals surface area contributed by atoms with Gasteiger partial charge in [0.2, 0.25) is 15.8 Å². The first-order valence-electron chi connectivity index (χ1n) is 9.34. The molecule has 31 heavy (non-hydrogen) atoms. The highest BCUT2D eigenvalue weighted by atomic mass is 32.1. The van der Waals surface area contributed by atoms with E-state index in [9.17, 15) is 15.3 Å². The topological polar surface area (TPSA) is 115 Å². The molecule has 4 N–H and O–H groups in total. The van der Waals surface area contributed by atoms with Gasteiger partial charge in [0.1, 0.15) is 4.88 Å². The van der Waals surface area contributed by atoms with E-state index in [-0.39, 0.29) is 17.4 Å². The van der Waals surface area contributed by atoms with Crippen molar-refractivity contribution in [1.82, 2.24) is 9.55 Å². The lowest BCUT2D eigenvalue weighted by molar-refractivity contribution is 0.404. The lowest BCUT2D eigenvalue weighted by Gasteiger charge is -2.00. The molecule has 2 aromatic carbocycles. The summed E-state index contributed by atoms with van der Waals surface area (Å²) in [6.45, 7) is 2.46. The SMILES string of the molecule is CCn1c(O)c(C=Nc2ccccc2)s/c1=N\Nc1nc(-c2ccc(O)c(O)c2)cs1. The molecule has 4 aromatic rings. The lowest BCUT2D eigenvalue weighted by Crippen LogP contribution is -2.14. The summed E-state index contributed by atoms with van der Waals surface area (Å²) < 4.78 is 1.68. The molecule has 0 aliphatic carbocycles. The molecule has 10 heteroatoms. The van der Waals surface area contributed by atoms with Crippen molar-refractivity contribution in [3.8, 4) is 28.6 Å². The van der Waals surface area contributed by atoms with Gasteiger partial charge < -0.3 is 15.3 Å². The molecule has 4 rings (SSSR count). The fourth-order valence-corrected chi connectivity index (χ4v) is 4.34. The van der Waals surface area contributed by atoms with Crippen LogP contribution < -0.4 is 10.2 Å². The van der Waals surface area contributed by atoms with Crippen molar-refractivity contribution in [1.29, 1.82) is 0 Å². The molecule has 0 atom stereocenters. The van der Waals surface area contributed by atoms with E-state index in [0.29, 0.717) is 32.6 Å². The van der Waals surface area contributed by atoms with Crippen molar-refractivity contribution in [2.45, 2.75) is 13.5 Å². The molecule has 0 aliphatic heterocycles. The van der Waals surface area contributed by atoms with Crippen LogP contribution in [0.2, 0.25) is 0 Å². The standard InChI is InChI=1S/C21H19N5O3S2/c1-2-26-19(29)18(11-22-14-6-4-3-5-7-14)31-21(26)25-24-20-23-15(12-30-20)13-8-9-16(27)17(28)10-13/h3-12,27-29H,2H2,1H3,(H,23,24)/b22-11?,25-21-. The number of aromatic hydroxyl groups is 3. The van der Waals surface area contributed by atoms with Crippen molar-refractivity contribution < 1.29 is 15.3 Å². The number of anilines is 1. The van der Waals surface area contributed by atoms with Gasteiger partial charge in [-0.05, 0) is 37.3 Å². The molecule has 0 aliphatic rings. The number of benzene rings is 2. The van der Waals surface area contributed by atoms with Gasteiger partial charge in [-0.25, -0.2) is 10.4 Å². The van der Waals surface area contributed by atoms with Gasteiger partial charge in [0, 0.05) is 17.5 Å². The average Bonchev–Trinajstić information content (AvgIpc) is 3.37. The van der Waals surface area contributed by atoms with Gasteiger partial charge in [-0.3, -0.25) is 9.56 Å². The van der Waals surface area contributed by atoms with Gasteiger partial charge in [0.25, 0.3) is 0 Å². The van der Waals surface area contributed by atoms with Crippen LogP contribution in [0.1, 0.15) is 11.8 Å². The summed E-state index contributed by atoms with van der Waals surface area (Å²) in [4.78, 5) is 10.0. The molecule has 0 radical (unpaired) electrons. The van der Waals surface area contributed by atoms with Crippen molar-refractivity contribution in [2.75, 3.05) is 5.43 Å². The summed E-state index contributed by atoms with van der Waals surface area (Å²) in [5.74, 6) is -0.278. The lowest BCUT2D eigenvalue weighted by atomic mass is 10.1. The third kappa shape index (κ3) is 4.60. The van der Waals surface area contributed by atoms with Gasteiger partial charge in [0.05, 0.1) is 17.6 Å². The van der Waals surface area contributed by atoms with E-state index >= 15 is 0 Å². The normalized spacial score (nSPS) is 12.0. The molecule has 0 amide bonds. The Morgan fingerprint density at radius 3 is 2.65 bits per heavy atom. The number of aliphatic imine (C=N–C) groups is 1. The van der Waals surface area contributed by atoms with Gasteiger partial charge >= 0.3 is 0 Å². The minimum absolute atomic E-state index is 0.104. The highest BCUT2D eigenvalue weighted by molar-refractivity contribution is 7.14. The van der Waals surface area contributed by atoms with Crippen LogP contribution in [0, 0.1) is 0 Å². The Balaban J connectivity index is 1.57. The number of phenolic OH excluding ortho intramolecular Hbond substituents is 2. The van der Waals surface area contributed by atoms with E-state index in [1.807, 2.05) is 42.6 Å². The van der Waals surface area contributed by atoms with Crippen LogP contribution in [0.4, 0.5) is 10.8 Å². The quantitative estimate of drug-likeness (QED) is 0.195. The number of para-hydroxylation sites is 1. The van der Waals surface area contributed by atoms with Gasteiger partial charge in [-0.2, -0.15) is 0 Å². The van der Waals surface area contributed by atoms with Gasteiger partial charge in [0.15, 0.2) is 11.5 Å². The van der Waals surface area contributed by atoms with Crippen LogP contribution >= 0.6 is 22.7 Å². The number of phenols is 2. The third-order valence-corrected chi connectivity index (χ3v) is 6.08. The average molecular weight is 454 g/mol. The predicted molar refractivity (Wildman–Crippen MR) is 123 cm³/mol. The fourth-order valence-electron chi connectivity index (χ4n) is 2.76. The van der Waals surface area contributed by atoms with E-state index in [1.54, 1.807) is 16.8 Å². The summed E-state index contributed by atoms with van der Waals surface area (Å²) in [5, 5.41) is 36.4. The smallest absolute Gasteiger partial charge is 0.212 e. The summed E-state index contributed by atoms with van der Waals surface area (Å²) in [6.07, 6.45) is 1.62. The van der Waals surface area contributed by atoms with Crippen LogP contribution in [-0.4, -0.2) is 31.1 Å². The molecule has 0 saturated heterocycles. The Kier molecular flexibility index (Phi) is 6.01. The number of nitrogens with one attached hydrogen (secondary N) is 1. The number of nitrogens with zero attached hydrogens (tertiary/aromatic N) is 4. The second kappa shape index (κ2) is 9.02. The van der Waals surface area contributed by atoms with E-state index in [0.717, 1.165) is 5.69 Å². The molecule has 2 heterocycles. The zero-order valence-corrected chi connectivity index (χ0v) is 18.1. The first kappa shape index (κ1) is 20.6. The minimum Gasteiger partial charge on any atom is -0.504 e. The molecule has 8 nitrogen and oxygen atoms in total. The van der Waals surface area contributed by atoms with E-state index in [2.05, 4.69) is 20.5 Å². The van der Waals surface area contributed by atoms with Crippen LogP contribution in [0.15, 0.2) is 64.0 Å². The minimum atomic E-state index is -0.201. The maximum Gasteiger partial charge on any atom is 0.212 e. The van der Waals surface area contributed by atoms with Crippen LogP contribution in [0.5, 0.6) is 17.4 Å². The van der Waals surface area contributed by atoms with Gasteiger partial charge in [-0.15, -0.1) is 16.4 Å². The highest BCUT2D eigenvalue weighted by Crippen LogP contribution is 2.32. The Labute approximate surface area is 185 Å². The molecule has 158 valence electrons. The van der Waals surface area contributed by atoms with Crippen molar-refractivity contribution in [2.24, 2.45) is 10.1 Å². The molecule has 2 aromatic heterocycles. The Morgan fingerprint density at radius 1 is 1.10 bits per heavy atom. The van der Waals surface area contributed by atoms with E-state index < -0.39 is 0 Å². The molecule has 0 spiro atoms. The van der Waals surface area contributed by atoms with Crippen molar-refractivity contribution in [3.63, 3.8) is 0 Å². The van der Waals surface area contributed by atoms with Gasteiger partial charge in [-0.1, -0.05) is 29.5 Å². The van der Waals surface area contributed by atoms with E-state index in [1.165, 1.54) is 34.8 Å². The Bertz CT molecular complexity index is 1290. The Hall–Kier alpha value is -3.63.